The molecule has 24 heavy (non-hydrogen) atoms. The van der Waals surface area contributed by atoms with Crippen molar-refractivity contribution >= 4 is 34.1 Å². The van der Waals surface area contributed by atoms with E-state index in [4.69, 9.17) is 0 Å². The number of carbonyl (C=O) groups is 1. The van der Waals surface area contributed by atoms with Crippen molar-refractivity contribution in [3.05, 3.63) is 71.3 Å². The smallest absolute Gasteiger partial charge is 0.230 e. The van der Waals surface area contributed by atoms with Gasteiger partial charge in [0.05, 0.1) is 6.42 Å². The number of rotatable bonds is 6. The number of hydrogen-bond acceptors (Lipinski definition) is 5. The van der Waals surface area contributed by atoms with Gasteiger partial charge in [-0.15, -0.1) is 10.2 Å². The first-order valence-corrected chi connectivity index (χ1v) is 9.35. The number of carbonyl (C=O) groups excluding carboxylic acids is 1. The van der Waals surface area contributed by atoms with Gasteiger partial charge in [-0.1, -0.05) is 77.7 Å². The highest BCUT2D eigenvalue weighted by molar-refractivity contribution is 8.00. The molecule has 3 aromatic rings. The van der Waals surface area contributed by atoms with Gasteiger partial charge in [0.2, 0.25) is 11.0 Å². The van der Waals surface area contributed by atoms with E-state index in [-0.39, 0.29) is 5.91 Å². The van der Waals surface area contributed by atoms with E-state index in [9.17, 15) is 4.79 Å². The Labute approximate surface area is 149 Å². The van der Waals surface area contributed by atoms with Gasteiger partial charge in [0, 0.05) is 5.75 Å². The predicted molar refractivity (Wildman–Crippen MR) is 99.4 cm³/mol. The van der Waals surface area contributed by atoms with Crippen LogP contribution < -0.4 is 5.32 Å². The fourth-order valence-corrected chi connectivity index (χ4v) is 3.91. The van der Waals surface area contributed by atoms with Crippen LogP contribution in [0.15, 0.2) is 58.9 Å². The molecule has 0 unspecified atom stereocenters. The number of benzene rings is 2. The molecule has 0 radical (unpaired) electrons. The first kappa shape index (κ1) is 16.7. The number of nitrogens with one attached hydrogen (secondary N) is 1. The van der Waals surface area contributed by atoms with Crippen LogP contribution in [0.4, 0.5) is 5.13 Å². The summed E-state index contributed by atoms with van der Waals surface area (Å²) in [5.41, 5.74) is 3.38. The van der Waals surface area contributed by atoms with Crippen LogP contribution in [0.5, 0.6) is 0 Å². The first-order chi connectivity index (χ1) is 11.7. The maximum atomic E-state index is 12.1. The third-order valence-corrected chi connectivity index (χ3v) is 5.51. The van der Waals surface area contributed by atoms with Gasteiger partial charge in [0.25, 0.3) is 0 Å². The molecular weight excluding hydrogens is 338 g/mol. The van der Waals surface area contributed by atoms with Crippen LogP contribution in [0.3, 0.4) is 0 Å². The van der Waals surface area contributed by atoms with Crippen molar-refractivity contribution in [2.75, 3.05) is 5.32 Å². The topological polar surface area (TPSA) is 54.9 Å². The lowest BCUT2D eigenvalue weighted by atomic mass is 10.1. The molecule has 0 aliphatic rings. The largest absolute Gasteiger partial charge is 0.300 e. The van der Waals surface area contributed by atoms with Gasteiger partial charge >= 0.3 is 0 Å². The number of aromatic nitrogens is 2. The molecule has 4 nitrogen and oxygen atoms in total. The van der Waals surface area contributed by atoms with Gasteiger partial charge in [-0.05, 0) is 23.6 Å². The first-order valence-electron chi connectivity index (χ1n) is 7.55. The summed E-state index contributed by atoms with van der Waals surface area (Å²) in [6.45, 7) is 2.01. The lowest BCUT2D eigenvalue weighted by Crippen LogP contribution is -2.14. The monoisotopic (exact) mass is 355 g/mol. The summed E-state index contributed by atoms with van der Waals surface area (Å²) < 4.78 is 0.852. The molecule has 1 heterocycles. The van der Waals surface area contributed by atoms with Gasteiger partial charge in [0.15, 0.2) is 4.34 Å². The second kappa shape index (κ2) is 8.08. The van der Waals surface area contributed by atoms with Crippen molar-refractivity contribution in [1.82, 2.24) is 10.2 Å². The fraction of sp³-hybridized carbons (Fsp3) is 0.167. The number of aryl methyl sites for hydroxylation is 1. The Morgan fingerprint density at radius 3 is 2.62 bits per heavy atom. The van der Waals surface area contributed by atoms with E-state index in [1.807, 2.05) is 49.4 Å². The van der Waals surface area contributed by atoms with E-state index in [0.717, 1.165) is 21.2 Å². The maximum Gasteiger partial charge on any atom is 0.230 e. The van der Waals surface area contributed by atoms with Crippen molar-refractivity contribution in [2.24, 2.45) is 0 Å². The average Bonchev–Trinajstić information content (AvgIpc) is 3.03. The molecule has 0 spiro atoms. The molecule has 0 saturated heterocycles. The second-order valence-electron chi connectivity index (χ2n) is 5.30. The molecule has 2 aromatic carbocycles. The third-order valence-electron chi connectivity index (χ3n) is 3.47. The lowest BCUT2D eigenvalue weighted by Gasteiger charge is -2.04. The predicted octanol–water partition coefficient (Wildman–Crippen LogP) is 4.32. The van der Waals surface area contributed by atoms with Crippen molar-refractivity contribution in [3.63, 3.8) is 0 Å². The van der Waals surface area contributed by atoms with Crippen LogP contribution in [0.25, 0.3) is 0 Å². The van der Waals surface area contributed by atoms with Gasteiger partial charge in [-0.25, -0.2) is 0 Å². The van der Waals surface area contributed by atoms with E-state index in [0.29, 0.717) is 11.6 Å². The number of anilines is 1. The molecule has 6 heteroatoms. The van der Waals surface area contributed by atoms with Crippen LogP contribution in [-0.2, 0) is 17.0 Å². The summed E-state index contributed by atoms with van der Waals surface area (Å²) in [5.74, 6) is 0.771. The molecule has 122 valence electrons. The summed E-state index contributed by atoms with van der Waals surface area (Å²) in [6, 6.07) is 18.1. The Bertz CT molecular complexity index is 818. The number of thioether (sulfide) groups is 1. The Balaban J connectivity index is 1.54. The fourth-order valence-electron chi connectivity index (χ4n) is 2.18. The normalized spacial score (nSPS) is 10.5. The van der Waals surface area contributed by atoms with E-state index < -0.39 is 0 Å². The molecule has 0 aliphatic heterocycles. The Morgan fingerprint density at radius 1 is 1.08 bits per heavy atom. The lowest BCUT2D eigenvalue weighted by molar-refractivity contribution is -0.115. The molecule has 0 atom stereocenters. The molecule has 1 N–H and O–H groups in total. The van der Waals surface area contributed by atoms with Crippen molar-refractivity contribution in [2.45, 2.75) is 23.4 Å². The highest BCUT2D eigenvalue weighted by Gasteiger charge is 2.10. The molecule has 0 bridgehead atoms. The zero-order valence-corrected chi connectivity index (χ0v) is 14.9. The molecular formula is C18H17N3OS2. The third kappa shape index (κ3) is 4.66. The van der Waals surface area contributed by atoms with Crippen LogP contribution >= 0.6 is 23.1 Å². The van der Waals surface area contributed by atoms with Gasteiger partial charge in [0.1, 0.15) is 0 Å². The molecule has 1 aromatic heterocycles. The van der Waals surface area contributed by atoms with Crippen LogP contribution in [0, 0.1) is 6.92 Å². The Morgan fingerprint density at radius 2 is 1.83 bits per heavy atom. The summed E-state index contributed by atoms with van der Waals surface area (Å²) >= 11 is 3.03. The highest BCUT2D eigenvalue weighted by Crippen LogP contribution is 2.28. The standard InChI is InChI=1S/C18H17N3OS2/c1-13-7-5-6-10-15(13)11-16(22)19-17-20-21-18(24-17)23-12-14-8-3-2-4-9-14/h2-10H,11-12H2,1H3,(H,19,20,22). The Hall–Kier alpha value is -2.18. The van der Waals surface area contributed by atoms with E-state index >= 15 is 0 Å². The second-order valence-corrected chi connectivity index (χ2v) is 7.50. The van der Waals surface area contributed by atoms with Gasteiger partial charge < -0.3 is 5.32 Å². The minimum atomic E-state index is -0.0694. The van der Waals surface area contributed by atoms with E-state index in [1.54, 1.807) is 11.8 Å². The molecule has 0 fully saturated rings. The van der Waals surface area contributed by atoms with Crippen LogP contribution in [0.1, 0.15) is 16.7 Å². The van der Waals surface area contributed by atoms with Crippen molar-refractivity contribution in [1.29, 1.82) is 0 Å². The summed E-state index contributed by atoms with van der Waals surface area (Å²) in [5, 5.41) is 11.5. The van der Waals surface area contributed by atoms with Crippen molar-refractivity contribution < 1.29 is 4.79 Å². The quantitative estimate of drug-likeness (QED) is 0.528. The minimum absolute atomic E-state index is 0.0694. The zero-order chi connectivity index (χ0) is 16.8. The maximum absolute atomic E-state index is 12.1. The molecule has 1 amide bonds. The van der Waals surface area contributed by atoms with Gasteiger partial charge in [-0.2, -0.15) is 0 Å². The van der Waals surface area contributed by atoms with Crippen molar-refractivity contribution in [3.8, 4) is 0 Å². The number of nitrogens with zero attached hydrogens (tertiary/aromatic N) is 2. The van der Waals surface area contributed by atoms with E-state index in [2.05, 4.69) is 27.6 Å². The molecule has 0 aliphatic carbocycles. The van der Waals surface area contributed by atoms with E-state index in [1.165, 1.54) is 16.9 Å². The summed E-state index contributed by atoms with van der Waals surface area (Å²) in [6.07, 6.45) is 0.346. The van der Waals surface area contributed by atoms with Gasteiger partial charge in [-0.3, -0.25) is 4.79 Å². The van der Waals surface area contributed by atoms with Crippen LogP contribution in [0.2, 0.25) is 0 Å². The summed E-state index contributed by atoms with van der Waals surface area (Å²) in [4.78, 5) is 12.1. The SMILES string of the molecule is Cc1ccccc1CC(=O)Nc1nnc(SCc2ccccc2)s1. The minimum Gasteiger partial charge on any atom is -0.300 e. The molecule has 0 saturated carbocycles. The summed E-state index contributed by atoms with van der Waals surface area (Å²) in [7, 11) is 0. The number of amides is 1. The zero-order valence-electron chi connectivity index (χ0n) is 13.2. The highest BCUT2D eigenvalue weighted by atomic mass is 32.2. The molecule has 3 rings (SSSR count). The Kier molecular flexibility index (Phi) is 5.61. The van der Waals surface area contributed by atoms with Crippen LogP contribution in [-0.4, -0.2) is 16.1 Å². The average molecular weight is 355 g/mol. The number of hydrogen-bond donors (Lipinski definition) is 1.